The summed E-state index contributed by atoms with van der Waals surface area (Å²) >= 11 is 5.88. The molecule has 0 atom stereocenters. The molecule has 0 saturated heterocycles. The molecule has 3 nitrogen and oxygen atoms in total. The minimum Gasteiger partial charge on any atom is -0.482 e. The number of halogens is 1. The number of esters is 1. The molecular formula is C13H17ClO3. The van der Waals surface area contributed by atoms with Crippen LogP contribution in [0.25, 0.3) is 0 Å². The summed E-state index contributed by atoms with van der Waals surface area (Å²) in [6.07, 6.45) is 1.89. The van der Waals surface area contributed by atoms with Crippen LogP contribution in [-0.4, -0.2) is 19.2 Å². The number of benzene rings is 1. The molecule has 4 heteroatoms. The van der Waals surface area contributed by atoms with Gasteiger partial charge >= 0.3 is 5.97 Å². The number of hydrogen-bond donors (Lipinski definition) is 0. The summed E-state index contributed by atoms with van der Waals surface area (Å²) in [6, 6.07) is 5.27. The lowest BCUT2D eigenvalue weighted by Gasteiger charge is -2.07. The summed E-state index contributed by atoms with van der Waals surface area (Å²) in [5.74, 6) is 0.283. The average Bonchev–Trinajstić information content (AvgIpc) is 2.31. The number of hydrogen-bond acceptors (Lipinski definition) is 3. The lowest BCUT2D eigenvalue weighted by Crippen LogP contribution is -2.15. The van der Waals surface area contributed by atoms with Crippen LogP contribution in [0.15, 0.2) is 18.2 Å². The Morgan fingerprint density at radius 2 is 2.18 bits per heavy atom. The molecule has 0 bridgehead atoms. The minimum absolute atomic E-state index is 0.0647. The van der Waals surface area contributed by atoms with Crippen molar-refractivity contribution in [2.45, 2.75) is 26.7 Å². The summed E-state index contributed by atoms with van der Waals surface area (Å²) in [4.78, 5) is 11.3. The van der Waals surface area contributed by atoms with E-state index in [2.05, 4.69) is 0 Å². The molecule has 1 aromatic carbocycles. The van der Waals surface area contributed by atoms with E-state index in [0.29, 0.717) is 17.4 Å². The normalized spacial score (nSPS) is 10.1. The Bertz CT molecular complexity index is 377. The fourth-order valence-electron chi connectivity index (χ4n) is 1.22. The van der Waals surface area contributed by atoms with E-state index in [4.69, 9.17) is 21.1 Å². The second-order valence-corrected chi connectivity index (χ2v) is 4.18. The first-order valence-electron chi connectivity index (χ1n) is 5.68. The molecule has 94 valence electrons. The Morgan fingerprint density at radius 1 is 1.41 bits per heavy atom. The van der Waals surface area contributed by atoms with Gasteiger partial charge < -0.3 is 9.47 Å². The van der Waals surface area contributed by atoms with Gasteiger partial charge in [-0.25, -0.2) is 4.79 Å². The van der Waals surface area contributed by atoms with Gasteiger partial charge in [0.15, 0.2) is 6.61 Å². The highest BCUT2D eigenvalue weighted by Crippen LogP contribution is 2.20. The maximum absolute atomic E-state index is 11.3. The van der Waals surface area contributed by atoms with Crippen molar-refractivity contribution in [3.63, 3.8) is 0 Å². The van der Waals surface area contributed by atoms with Crippen LogP contribution in [-0.2, 0) is 9.53 Å². The summed E-state index contributed by atoms with van der Waals surface area (Å²) in [6.45, 7) is 4.32. The van der Waals surface area contributed by atoms with E-state index >= 15 is 0 Å². The fraction of sp³-hybridized carbons (Fsp3) is 0.462. The van der Waals surface area contributed by atoms with Gasteiger partial charge in [-0.15, -0.1) is 0 Å². The van der Waals surface area contributed by atoms with E-state index in [1.54, 1.807) is 18.2 Å². The van der Waals surface area contributed by atoms with Crippen LogP contribution >= 0.6 is 11.6 Å². The molecule has 0 aromatic heterocycles. The summed E-state index contributed by atoms with van der Waals surface area (Å²) in [5.41, 5.74) is 0.920. The Hall–Kier alpha value is -1.22. The fourth-order valence-corrected chi connectivity index (χ4v) is 1.34. The molecule has 1 aromatic rings. The molecule has 0 saturated carbocycles. The van der Waals surface area contributed by atoms with Crippen molar-refractivity contribution in [1.82, 2.24) is 0 Å². The zero-order chi connectivity index (χ0) is 12.7. The molecule has 0 unspecified atom stereocenters. The van der Waals surface area contributed by atoms with E-state index in [1.807, 2.05) is 13.8 Å². The average molecular weight is 257 g/mol. The third-order valence-corrected chi connectivity index (χ3v) is 2.67. The van der Waals surface area contributed by atoms with Crippen molar-refractivity contribution in [2.24, 2.45) is 0 Å². The van der Waals surface area contributed by atoms with Gasteiger partial charge in [0.1, 0.15) is 5.75 Å². The highest BCUT2D eigenvalue weighted by atomic mass is 35.5. The molecule has 0 amide bonds. The lowest BCUT2D eigenvalue weighted by molar-refractivity contribution is -0.146. The molecule has 1 rings (SSSR count). The van der Waals surface area contributed by atoms with Crippen LogP contribution in [0.3, 0.4) is 0 Å². The van der Waals surface area contributed by atoms with Crippen molar-refractivity contribution in [1.29, 1.82) is 0 Å². The predicted molar refractivity (Wildman–Crippen MR) is 67.6 cm³/mol. The van der Waals surface area contributed by atoms with Crippen molar-refractivity contribution < 1.29 is 14.3 Å². The molecule has 0 spiro atoms. The van der Waals surface area contributed by atoms with Crippen LogP contribution in [0.1, 0.15) is 25.3 Å². The van der Waals surface area contributed by atoms with Gasteiger partial charge in [0, 0.05) is 5.02 Å². The Balaban J connectivity index is 2.34. The number of carbonyl (C=O) groups is 1. The summed E-state index contributed by atoms with van der Waals surface area (Å²) in [5, 5.41) is 0.683. The molecule has 0 aliphatic heterocycles. The number of carbonyl (C=O) groups excluding carboxylic acids is 1. The molecule has 0 fully saturated rings. The van der Waals surface area contributed by atoms with Gasteiger partial charge in [-0.05, 0) is 37.1 Å². The van der Waals surface area contributed by atoms with E-state index < -0.39 is 0 Å². The molecule has 17 heavy (non-hydrogen) atoms. The van der Waals surface area contributed by atoms with E-state index in [1.165, 1.54) is 0 Å². The van der Waals surface area contributed by atoms with E-state index in [9.17, 15) is 4.79 Å². The molecule has 0 radical (unpaired) electrons. The van der Waals surface area contributed by atoms with Gasteiger partial charge in [0.05, 0.1) is 6.61 Å². The van der Waals surface area contributed by atoms with Gasteiger partial charge in [0.25, 0.3) is 0 Å². The third-order valence-electron chi connectivity index (χ3n) is 2.25. The number of ether oxygens (including phenoxy) is 2. The van der Waals surface area contributed by atoms with Crippen LogP contribution in [0.5, 0.6) is 5.75 Å². The smallest absolute Gasteiger partial charge is 0.344 e. The van der Waals surface area contributed by atoms with Gasteiger partial charge in [-0.1, -0.05) is 24.9 Å². The molecule has 0 aliphatic rings. The molecular weight excluding hydrogens is 240 g/mol. The van der Waals surface area contributed by atoms with Crippen molar-refractivity contribution >= 4 is 17.6 Å². The Kier molecular flexibility index (Phi) is 5.84. The minimum atomic E-state index is -0.342. The zero-order valence-electron chi connectivity index (χ0n) is 10.2. The SMILES string of the molecule is CCCCOC(=O)COc1ccc(Cl)c(C)c1. The molecule has 0 N–H and O–H groups in total. The first kappa shape index (κ1) is 13.8. The Morgan fingerprint density at radius 3 is 2.82 bits per heavy atom. The van der Waals surface area contributed by atoms with Crippen LogP contribution < -0.4 is 4.74 Å². The van der Waals surface area contributed by atoms with Gasteiger partial charge in [0.2, 0.25) is 0 Å². The molecule has 0 aliphatic carbocycles. The van der Waals surface area contributed by atoms with Gasteiger partial charge in [-0.2, -0.15) is 0 Å². The Labute approximate surface area is 107 Å². The maximum Gasteiger partial charge on any atom is 0.344 e. The number of rotatable bonds is 6. The number of unbranched alkanes of at least 4 members (excludes halogenated alkanes) is 1. The van der Waals surface area contributed by atoms with E-state index in [-0.39, 0.29) is 12.6 Å². The third kappa shape index (κ3) is 5.09. The van der Waals surface area contributed by atoms with Crippen molar-refractivity contribution in [2.75, 3.05) is 13.2 Å². The monoisotopic (exact) mass is 256 g/mol. The highest BCUT2D eigenvalue weighted by molar-refractivity contribution is 6.31. The largest absolute Gasteiger partial charge is 0.482 e. The first-order chi connectivity index (χ1) is 8.13. The highest BCUT2D eigenvalue weighted by Gasteiger charge is 2.04. The zero-order valence-corrected chi connectivity index (χ0v) is 10.9. The van der Waals surface area contributed by atoms with Crippen LogP contribution in [0.2, 0.25) is 5.02 Å². The molecule has 0 heterocycles. The second-order valence-electron chi connectivity index (χ2n) is 3.77. The standard InChI is InChI=1S/C13H17ClO3/c1-3-4-7-16-13(15)9-17-11-5-6-12(14)10(2)8-11/h5-6,8H,3-4,7,9H2,1-2H3. The van der Waals surface area contributed by atoms with Crippen molar-refractivity contribution in [3.05, 3.63) is 28.8 Å². The van der Waals surface area contributed by atoms with Crippen molar-refractivity contribution in [3.8, 4) is 5.75 Å². The number of aryl methyl sites for hydroxylation is 1. The first-order valence-corrected chi connectivity index (χ1v) is 6.06. The quantitative estimate of drug-likeness (QED) is 0.578. The maximum atomic E-state index is 11.3. The lowest BCUT2D eigenvalue weighted by atomic mass is 10.2. The summed E-state index contributed by atoms with van der Waals surface area (Å²) < 4.78 is 10.3. The van der Waals surface area contributed by atoms with Gasteiger partial charge in [-0.3, -0.25) is 0 Å². The summed E-state index contributed by atoms with van der Waals surface area (Å²) in [7, 11) is 0. The van der Waals surface area contributed by atoms with Crippen LogP contribution in [0, 0.1) is 6.92 Å². The van der Waals surface area contributed by atoms with E-state index in [0.717, 1.165) is 18.4 Å². The topological polar surface area (TPSA) is 35.5 Å². The second kappa shape index (κ2) is 7.17. The predicted octanol–water partition coefficient (Wildman–Crippen LogP) is 3.37. The van der Waals surface area contributed by atoms with Crippen LogP contribution in [0.4, 0.5) is 0 Å².